The summed E-state index contributed by atoms with van der Waals surface area (Å²) in [5.74, 6) is -0.0677. The van der Waals surface area contributed by atoms with Crippen molar-refractivity contribution in [2.24, 2.45) is 0 Å². The van der Waals surface area contributed by atoms with E-state index in [-0.39, 0.29) is 39.7 Å². The van der Waals surface area contributed by atoms with Crippen molar-refractivity contribution in [2.75, 3.05) is 0 Å². The summed E-state index contributed by atoms with van der Waals surface area (Å²) in [4.78, 5) is 10.2. The number of fused-ring (bicyclic) bond motifs is 4. The van der Waals surface area contributed by atoms with E-state index >= 15 is 0 Å². The second-order valence-electron chi connectivity index (χ2n) is 16.3. The number of halogens is 6. The van der Waals surface area contributed by atoms with Gasteiger partial charge in [0.15, 0.2) is 0 Å². The zero-order valence-corrected chi connectivity index (χ0v) is 36.3. The molecule has 0 radical (unpaired) electrons. The molecule has 0 aliphatic rings. The van der Waals surface area contributed by atoms with Crippen LogP contribution < -0.4 is 10.2 Å². The Hall–Kier alpha value is -4.81. The molecule has 8 aromatic rings. The van der Waals surface area contributed by atoms with Gasteiger partial charge in [0.1, 0.15) is 0 Å². The normalized spacial score (nSPS) is 13.4. The number of rotatable bonds is 3. The molecule has 2 heterocycles. The van der Waals surface area contributed by atoms with E-state index in [0.717, 1.165) is 77.1 Å². The molecule has 0 fully saturated rings. The maximum absolute atomic E-state index is 13.9. The van der Waals surface area contributed by atoms with Crippen LogP contribution in [0.4, 0.5) is 16.9 Å². The van der Waals surface area contributed by atoms with Gasteiger partial charge in [-0.1, -0.05) is 162 Å². The molecule has 8 rings (SSSR count). The van der Waals surface area contributed by atoms with E-state index in [1.165, 1.54) is 0 Å². The van der Waals surface area contributed by atoms with Gasteiger partial charge in [0.05, 0.1) is 22.4 Å². The number of benzene rings is 6. The molecule has 0 saturated carbocycles. The molecule has 4 nitrogen and oxygen atoms in total. The van der Waals surface area contributed by atoms with Gasteiger partial charge in [-0.3, -0.25) is 0 Å². The first kappa shape index (κ1) is 42.8. The van der Waals surface area contributed by atoms with E-state index in [1.807, 2.05) is 48.5 Å². The minimum absolute atomic E-state index is 0. The zero-order chi connectivity index (χ0) is 41.4. The van der Waals surface area contributed by atoms with Gasteiger partial charge in [-0.15, -0.1) is 0 Å². The molecule has 0 spiro atoms. The predicted octanol–water partition coefficient (Wildman–Crippen LogP) is 12.6. The quantitative estimate of drug-likeness (QED) is 0.131. The number of pyridine rings is 2. The van der Waals surface area contributed by atoms with Crippen molar-refractivity contribution in [1.82, 2.24) is 9.97 Å². The summed E-state index contributed by atoms with van der Waals surface area (Å²) in [5, 5.41) is 33.7. The van der Waals surface area contributed by atoms with Gasteiger partial charge in [-0.2, -0.15) is 0 Å². The van der Waals surface area contributed by atoms with Crippen LogP contribution in [0.5, 0.6) is 11.5 Å². The Balaban J connectivity index is 0.000000652. The summed E-state index contributed by atoms with van der Waals surface area (Å²) >= 11 is -11.2. The molecule has 294 valence electrons. The number of hydrogen-bond donors (Lipinski definition) is 0. The van der Waals surface area contributed by atoms with E-state index in [0.29, 0.717) is 11.0 Å². The van der Waals surface area contributed by atoms with Crippen LogP contribution in [0.25, 0.3) is 77.0 Å². The zero-order valence-electron chi connectivity index (χ0n) is 32.6. The van der Waals surface area contributed by atoms with Crippen molar-refractivity contribution < 1.29 is 27.1 Å². The number of hydrogen-bond acceptors (Lipinski definition) is 4. The molecule has 12 heteroatoms. The number of aromatic nitrogens is 2. The van der Waals surface area contributed by atoms with Crippen LogP contribution in [0.2, 0.25) is 0 Å². The SMILES string of the molecule is CC(C)(C)c1ccc2ccc(-c3ccc4ccccc4c3-c3c(-c4ccc5ccc(C(C)(C)C)c([O-])c5n4)ccc4ccccc34)nc2c1[O-].[Al+3].[F][Sb-]([F])([F])([F])([F])[F]. The van der Waals surface area contributed by atoms with Gasteiger partial charge in [0, 0.05) is 22.3 Å². The van der Waals surface area contributed by atoms with Crippen molar-refractivity contribution in [2.45, 2.75) is 52.4 Å². The fourth-order valence-electron chi connectivity index (χ4n) is 7.32. The van der Waals surface area contributed by atoms with E-state index in [9.17, 15) is 27.1 Å². The predicted molar refractivity (Wildman–Crippen MR) is 223 cm³/mol. The van der Waals surface area contributed by atoms with Crippen LogP contribution in [0, 0.1) is 0 Å². The second kappa shape index (κ2) is 14.2. The van der Waals surface area contributed by atoms with E-state index < -0.39 is 19.5 Å². The summed E-state index contributed by atoms with van der Waals surface area (Å²) < 4.78 is 59.6. The second-order valence-corrected chi connectivity index (χ2v) is 21.8. The molecule has 0 bridgehead atoms. The number of nitrogens with zero attached hydrogens (tertiary/aromatic N) is 2. The molecule has 6 aromatic carbocycles. The van der Waals surface area contributed by atoms with Gasteiger partial charge in [0.2, 0.25) is 0 Å². The summed E-state index contributed by atoms with van der Waals surface area (Å²) in [7, 11) is 0. The molecule has 0 atom stereocenters. The third-order valence-corrected chi connectivity index (χ3v) is 9.91. The molecule has 0 unspecified atom stereocenters. The van der Waals surface area contributed by atoms with Crippen molar-refractivity contribution in [1.29, 1.82) is 0 Å². The van der Waals surface area contributed by atoms with Gasteiger partial charge in [-0.05, 0) is 66.4 Å². The van der Waals surface area contributed by atoms with E-state index in [1.54, 1.807) is 0 Å². The van der Waals surface area contributed by atoms with Gasteiger partial charge in [0.25, 0.3) is 0 Å². The van der Waals surface area contributed by atoms with Crippen LogP contribution in [0.15, 0.2) is 121 Å². The van der Waals surface area contributed by atoms with Crippen LogP contribution in [0.1, 0.15) is 52.7 Å². The summed E-state index contributed by atoms with van der Waals surface area (Å²) in [6.45, 7) is 12.4. The third kappa shape index (κ3) is 9.08. The molecule has 0 amide bonds. The van der Waals surface area contributed by atoms with Crippen molar-refractivity contribution in [3.05, 3.63) is 132 Å². The van der Waals surface area contributed by atoms with E-state index in [2.05, 4.69) is 114 Å². The average molecular weight is 914 g/mol. The first-order chi connectivity index (χ1) is 26.3. The van der Waals surface area contributed by atoms with Crippen LogP contribution >= 0.6 is 0 Å². The topological polar surface area (TPSA) is 71.9 Å². The molecule has 0 saturated heterocycles. The Morgan fingerprint density at radius 1 is 0.431 bits per heavy atom. The molecular weight excluding hydrogens is 875 g/mol. The van der Waals surface area contributed by atoms with Crippen LogP contribution in [-0.2, 0) is 10.8 Å². The van der Waals surface area contributed by atoms with Crippen molar-refractivity contribution in [3.63, 3.8) is 0 Å². The van der Waals surface area contributed by atoms with Crippen LogP contribution in [-0.4, -0.2) is 46.8 Å². The monoisotopic (exact) mass is 912 g/mol. The summed E-state index contributed by atoms with van der Waals surface area (Å²) in [5.41, 5.74) is 7.14. The van der Waals surface area contributed by atoms with Crippen molar-refractivity contribution >= 4 is 80.2 Å². The Labute approximate surface area is 345 Å². The molecule has 58 heavy (non-hydrogen) atoms. The fraction of sp³-hybridized carbons (Fsp3) is 0.174. The summed E-state index contributed by atoms with van der Waals surface area (Å²) in [6, 6.07) is 41.2. The first-order valence-electron chi connectivity index (χ1n) is 18.2. The van der Waals surface area contributed by atoms with Gasteiger partial charge >= 0.3 is 53.7 Å². The minimum atomic E-state index is -11.2. The average Bonchev–Trinajstić information content (AvgIpc) is 3.12. The molecule has 0 aliphatic carbocycles. The standard InChI is InChI=1S/C46H40N2O2.Al.6FH.Sb/c1-45(2,3)35-23-17-29-19-25-37(47-41(29)43(35)49)33-21-15-27-11-7-9-13-31(27)39(33)40-32-14-10-8-12-28(32)16-22-34(40)38-26-20-30-18-24-36(46(4,5)6)44(50)42(30)48-38;;;;;;;;/h7-26,49-50H,1-6H3;;6*1H;/q;+3;;;;;;;+5/p-8. The maximum atomic E-state index is 13.9. The van der Waals surface area contributed by atoms with Gasteiger partial charge in [-0.25, -0.2) is 9.97 Å². The van der Waals surface area contributed by atoms with Gasteiger partial charge < -0.3 is 10.2 Å². The Kier molecular flexibility index (Phi) is 10.5. The third-order valence-electron chi connectivity index (χ3n) is 9.91. The molecule has 2 aromatic heterocycles. The Morgan fingerprint density at radius 3 is 1.09 bits per heavy atom. The fourth-order valence-corrected chi connectivity index (χ4v) is 7.32. The molecular formula is C46H38AlF6N2O2Sb. The first-order valence-corrected chi connectivity index (χ1v) is 24.0. The van der Waals surface area contributed by atoms with Crippen molar-refractivity contribution in [3.8, 4) is 45.1 Å². The summed E-state index contributed by atoms with van der Waals surface area (Å²) in [6.07, 6.45) is 0. The van der Waals surface area contributed by atoms with Crippen LogP contribution in [0.3, 0.4) is 0 Å². The Morgan fingerprint density at radius 2 is 0.741 bits per heavy atom. The molecule has 0 aliphatic heterocycles. The van der Waals surface area contributed by atoms with E-state index in [4.69, 9.17) is 9.97 Å². The molecule has 0 N–H and O–H groups in total. The Bertz CT molecular complexity index is 2710.